The molecule has 2 fully saturated rings. The SMILES string of the molecule is C[C@@H](OC(=O)Nc1ccc(-c2c(N)c3ccc(-c4cnccn4)cc3n2C2CCC2)cc1)C1CC1. The van der Waals surface area contributed by atoms with Crippen molar-refractivity contribution < 1.29 is 9.53 Å². The number of ether oxygens (including phenoxy) is 1. The van der Waals surface area contributed by atoms with Gasteiger partial charge in [-0.2, -0.15) is 0 Å². The van der Waals surface area contributed by atoms with Gasteiger partial charge in [-0.25, -0.2) is 4.79 Å². The molecule has 35 heavy (non-hydrogen) atoms. The minimum absolute atomic E-state index is 0.0426. The van der Waals surface area contributed by atoms with E-state index in [0.717, 1.165) is 64.8 Å². The number of nitrogens with zero attached hydrogens (tertiary/aromatic N) is 3. The van der Waals surface area contributed by atoms with Gasteiger partial charge in [0.25, 0.3) is 0 Å². The molecule has 2 aliphatic rings. The van der Waals surface area contributed by atoms with Crippen LogP contribution in [0.15, 0.2) is 61.1 Å². The lowest BCUT2D eigenvalue weighted by Crippen LogP contribution is -2.21. The molecule has 0 spiro atoms. The van der Waals surface area contributed by atoms with E-state index >= 15 is 0 Å². The highest BCUT2D eigenvalue weighted by molar-refractivity contribution is 6.02. The van der Waals surface area contributed by atoms with E-state index in [0.29, 0.717) is 17.6 Å². The van der Waals surface area contributed by atoms with Gasteiger partial charge in [0, 0.05) is 40.6 Å². The third-order valence-electron chi connectivity index (χ3n) is 7.33. The van der Waals surface area contributed by atoms with E-state index in [1.807, 2.05) is 31.2 Å². The average molecular weight is 468 g/mol. The number of aromatic nitrogens is 3. The standard InChI is InChI=1S/C28H29N5O2/c1-17(18-5-6-18)35-28(34)32-21-10-7-19(8-11-21)27-26(29)23-12-9-20(24-16-30-13-14-31-24)15-25(23)33(27)22-3-2-4-22/h7-18,22H,2-6,29H2,1H3,(H,32,34)/t17-/m1/s1. The maximum Gasteiger partial charge on any atom is 0.411 e. The Morgan fingerprint density at radius 1 is 1.09 bits per heavy atom. The highest BCUT2D eigenvalue weighted by Gasteiger charge is 2.31. The summed E-state index contributed by atoms with van der Waals surface area (Å²) >= 11 is 0. The summed E-state index contributed by atoms with van der Waals surface area (Å²) in [6.07, 6.45) is 10.5. The Balaban J connectivity index is 1.34. The Kier molecular flexibility index (Phi) is 5.40. The van der Waals surface area contributed by atoms with Gasteiger partial charge in [0.15, 0.2) is 0 Å². The van der Waals surface area contributed by atoms with Crippen LogP contribution in [0.1, 0.15) is 45.1 Å². The quantitative estimate of drug-likeness (QED) is 0.341. The lowest BCUT2D eigenvalue weighted by atomic mass is 9.92. The lowest BCUT2D eigenvalue weighted by molar-refractivity contribution is 0.108. The first-order valence-electron chi connectivity index (χ1n) is 12.4. The number of rotatable bonds is 6. The molecule has 0 unspecified atom stereocenters. The van der Waals surface area contributed by atoms with E-state index in [-0.39, 0.29) is 6.10 Å². The molecule has 7 heteroatoms. The Morgan fingerprint density at radius 3 is 2.51 bits per heavy atom. The maximum absolute atomic E-state index is 12.3. The van der Waals surface area contributed by atoms with E-state index in [1.54, 1.807) is 18.6 Å². The van der Waals surface area contributed by atoms with Gasteiger partial charge in [-0.3, -0.25) is 15.3 Å². The molecule has 3 N–H and O–H groups in total. The topological polar surface area (TPSA) is 95.1 Å². The van der Waals surface area contributed by atoms with E-state index in [1.165, 1.54) is 6.42 Å². The summed E-state index contributed by atoms with van der Waals surface area (Å²) in [6, 6.07) is 14.6. The zero-order valence-corrected chi connectivity index (χ0v) is 19.8. The average Bonchev–Trinajstić information content (AvgIpc) is 3.65. The van der Waals surface area contributed by atoms with Crippen molar-refractivity contribution in [2.45, 2.75) is 51.2 Å². The van der Waals surface area contributed by atoms with Gasteiger partial charge >= 0.3 is 6.09 Å². The summed E-state index contributed by atoms with van der Waals surface area (Å²) in [7, 11) is 0. The van der Waals surface area contributed by atoms with Crippen LogP contribution in [0.2, 0.25) is 0 Å². The summed E-state index contributed by atoms with van der Waals surface area (Å²) in [6.45, 7) is 1.96. The first-order valence-corrected chi connectivity index (χ1v) is 12.4. The smallest absolute Gasteiger partial charge is 0.411 e. The van der Waals surface area contributed by atoms with Crippen molar-refractivity contribution in [2.24, 2.45) is 5.92 Å². The highest BCUT2D eigenvalue weighted by atomic mass is 16.6. The second-order valence-corrected chi connectivity index (χ2v) is 9.69. The van der Waals surface area contributed by atoms with Crippen molar-refractivity contribution in [1.82, 2.24) is 14.5 Å². The molecule has 1 atom stereocenters. The number of nitrogens with one attached hydrogen (secondary N) is 1. The molecule has 0 bridgehead atoms. The van der Waals surface area contributed by atoms with Gasteiger partial charge in [0.05, 0.1) is 28.8 Å². The Bertz CT molecular complexity index is 1370. The van der Waals surface area contributed by atoms with Crippen LogP contribution in [0.5, 0.6) is 0 Å². The first-order chi connectivity index (χ1) is 17.1. The molecule has 2 heterocycles. The number of nitrogens with two attached hydrogens (primary N) is 1. The van der Waals surface area contributed by atoms with Crippen molar-refractivity contribution in [3.8, 4) is 22.5 Å². The molecule has 2 aliphatic carbocycles. The predicted molar refractivity (Wildman–Crippen MR) is 138 cm³/mol. The highest BCUT2D eigenvalue weighted by Crippen LogP contribution is 2.45. The zero-order chi connectivity index (χ0) is 23.9. The number of anilines is 2. The van der Waals surface area contributed by atoms with Gasteiger partial charge in [0.2, 0.25) is 0 Å². The minimum Gasteiger partial charge on any atom is -0.446 e. The molecular weight excluding hydrogens is 438 g/mol. The fourth-order valence-corrected chi connectivity index (χ4v) is 4.95. The number of benzene rings is 2. The number of hydrogen-bond acceptors (Lipinski definition) is 5. The predicted octanol–water partition coefficient (Wildman–Crippen LogP) is 6.42. The largest absolute Gasteiger partial charge is 0.446 e. The number of hydrogen-bond donors (Lipinski definition) is 2. The van der Waals surface area contributed by atoms with Crippen LogP contribution in [-0.4, -0.2) is 26.7 Å². The van der Waals surface area contributed by atoms with Crippen molar-refractivity contribution in [3.05, 3.63) is 61.1 Å². The molecule has 6 rings (SSSR count). The molecule has 2 aromatic carbocycles. The Labute approximate surface area is 204 Å². The van der Waals surface area contributed by atoms with Gasteiger partial charge < -0.3 is 15.0 Å². The van der Waals surface area contributed by atoms with Crippen molar-refractivity contribution in [2.75, 3.05) is 11.1 Å². The third-order valence-corrected chi connectivity index (χ3v) is 7.33. The maximum atomic E-state index is 12.3. The van der Waals surface area contributed by atoms with E-state index in [2.05, 4.69) is 38.1 Å². The van der Waals surface area contributed by atoms with Gasteiger partial charge in [-0.1, -0.05) is 24.3 Å². The summed E-state index contributed by atoms with van der Waals surface area (Å²) in [5.74, 6) is 0.508. The molecule has 7 nitrogen and oxygen atoms in total. The van der Waals surface area contributed by atoms with Gasteiger partial charge in [0.1, 0.15) is 6.10 Å². The second-order valence-electron chi connectivity index (χ2n) is 9.69. The fraction of sp³-hybridized carbons (Fsp3) is 0.321. The molecule has 2 aromatic heterocycles. The summed E-state index contributed by atoms with van der Waals surface area (Å²) in [5.41, 5.74) is 13.3. The van der Waals surface area contributed by atoms with Crippen LogP contribution < -0.4 is 11.1 Å². The molecule has 2 saturated carbocycles. The molecule has 178 valence electrons. The summed E-state index contributed by atoms with van der Waals surface area (Å²) < 4.78 is 7.88. The number of fused-ring (bicyclic) bond motifs is 1. The van der Waals surface area contributed by atoms with Gasteiger partial charge in [-0.05, 0) is 63.1 Å². The minimum atomic E-state index is -0.406. The summed E-state index contributed by atoms with van der Waals surface area (Å²) in [5, 5.41) is 3.89. The molecule has 0 radical (unpaired) electrons. The number of carbonyl (C=O) groups excluding carboxylic acids is 1. The van der Waals surface area contributed by atoms with Crippen LogP contribution in [-0.2, 0) is 4.74 Å². The normalized spacial score (nSPS) is 16.6. The van der Waals surface area contributed by atoms with E-state index in [9.17, 15) is 4.79 Å². The summed E-state index contributed by atoms with van der Waals surface area (Å²) in [4.78, 5) is 20.9. The van der Waals surface area contributed by atoms with Crippen LogP contribution in [0.4, 0.5) is 16.2 Å². The molecule has 0 saturated heterocycles. The Morgan fingerprint density at radius 2 is 1.86 bits per heavy atom. The van der Waals surface area contributed by atoms with Crippen LogP contribution in [0.3, 0.4) is 0 Å². The lowest BCUT2D eigenvalue weighted by Gasteiger charge is -2.30. The van der Waals surface area contributed by atoms with E-state index in [4.69, 9.17) is 10.5 Å². The van der Waals surface area contributed by atoms with Crippen molar-refractivity contribution >= 4 is 28.4 Å². The Hall–Kier alpha value is -3.87. The number of carbonyl (C=O) groups is 1. The monoisotopic (exact) mass is 467 g/mol. The van der Waals surface area contributed by atoms with Crippen LogP contribution in [0.25, 0.3) is 33.4 Å². The van der Waals surface area contributed by atoms with Crippen molar-refractivity contribution in [1.29, 1.82) is 0 Å². The second kappa shape index (κ2) is 8.73. The molecule has 0 aliphatic heterocycles. The third kappa shape index (κ3) is 4.11. The zero-order valence-electron chi connectivity index (χ0n) is 19.8. The van der Waals surface area contributed by atoms with Crippen LogP contribution >= 0.6 is 0 Å². The van der Waals surface area contributed by atoms with Gasteiger partial charge in [-0.15, -0.1) is 0 Å². The molecular formula is C28H29N5O2. The number of amides is 1. The van der Waals surface area contributed by atoms with Crippen molar-refractivity contribution in [3.63, 3.8) is 0 Å². The van der Waals surface area contributed by atoms with Crippen LogP contribution in [0, 0.1) is 5.92 Å². The molecule has 4 aromatic rings. The fourth-order valence-electron chi connectivity index (χ4n) is 4.95. The first kappa shape index (κ1) is 21.6. The molecule has 1 amide bonds. The van der Waals surface area contributed by atoms with E-state index < -0.39 is 6.09 Å². The number of nitrogen functional groups attached to an aromatic ring is 1.